The van der Waals surface area contributed by atoms with Gasteiger partial charge >= 0.3 is 0 Å². The maximum absolute atomic E-state index is 13.8. The van der Waals surface area contributed by atoms with Crippen LogP contribution in [0.5, 0.6) is 5.75 Å². The summed E-state index contributed by atoms with van der Waals surface area (Å²) in [5.74, 6) is -8.16. The first-order valence-electron chi connectivity index (χ1n) is 16.5. The number of aliphatic hydroxyl groups is 5. The Labute approximate surface area is 296 Å². The molecule has 0 unspecified atom stereocenters. The van der Waals surface area contributed by atoms with Gasteiger partial charge in [-0.2, -0.15) is 0 Å². The fourth-order valence-corrected chi connectivity index (χ4v) is 5.53. The van der Waals surface area contributed by atoms with E-state index >= 15 is 0 Å². The summed E-state index contributed by atoms with van der Waals surface area (Å²) in [6.45, 7) is 7.05. The summed E-state index contributed by atoms with van der Waals surface area (Å²) in [7, 11) is 0. The molecule has 0 spiro atoms. The van der Waals surface area contributed by atoms with Crippen LogP contribution in [0.15, 0.2) is 83.7 Å². The van der Waals surface area contributed by atoms with E-state index in [0.717, 1.165) is 6.08 Å². The Kier molecular flexibility index (Phi) is 14.1. The Hall–Kier alpha value is -5.01. The summed E-state index contributed by atoms with van der Waals surface area (Å²) in [6.07, 6.45) is 11.1. The summed E-state index contributed by atoms with van der Waals surface area (Å²) in [5, 5.41) is 66.4. The van der Waals surface area contributed by atoms with Gasteiger partial charge in [-0.15, -0.1) is 0 Å². The zero-order valence-corrected chi connectivity index (χ0v) is 29.2. The van der Waals surface area contributed by atoms with Crippen LogP contribution in [-0.2, 0) is 14.4 Å². The first-order valence-corrected chi connectivity index (χ1v) is 16.5. The van der Waals surface area contributed by atoms with Gasteiger partial charge in [0.05, 0.1) is 36.0 Å². The number of Topliss-reactive ketones (excluding diaryl/α,β-unsaturated/α-hetero) is 4. The van der Waals surface area contributed by atoms with Crippen LogP contribution in [0.25, 0.3) is 5.76 Å². The summed E-state index contributed by atoms with van der Waals surface area (Å²) >= 11 is 0. The lowest BCUT2D eigenvalue weighted by Gasteiger charge is -2.24. The van der Waals surface area contributed by atoms with Crippen LogP contribution in [-0.4, -0.2) is 84.6 Å². The number of rotatable bonds is 1. The van der Waals surface area contributed by atoms with Gasteiger partial charge in [-0.25, -0.2) is 0 Å². The van der Waals surface area contributed by atoms with Gasteiger partial charge in [0.25, 0.3) is 5.78 Å². The van der Waals surface area contributed by atoms with Gasteiger partial charge in [-0.3, -0.25) is 24.0 Å². The molecule has 0 radical (unpaired) electrons. The molecule has 1 amide bonds. The number of aromatic hydroxyl groups is 1. The second-order valence-electron chi connectivity index (χ2n) is 12.8. The van der Waals surface area contributed by atoms with Crippen molar-refractivity contribution in [3.8, 4) is 5.75 Å². The molecule has 12 heteroatoms. The number of nitrogens with one attached hydrogen (secondary N) is 1. The topological polar surface area (TPSA) is 219 Å². The molecule has 272 valence electrons. The Morgan fingerprint density at radius 1 is 0.784 bits per heavy atom. The van der Waals surface area contributed by atoms with Crippen LogP contribution in [0.4, 0.5) is 0 Å². The number of aliphatic hydroxyl groups excluding tert-OH is 5. The molecular weight excluding hydrogens is 658 g/mol. The van der Waals surface area contributed by atoms with E-state index in [-0.39, 0.29) is 35.3 Å². The normalized spacial score (nSPS) is 29.3. The van der Waals surface area contributed by atoms with Gasteiger partial charge in [-0.05, 0) is 50.0 Å². The quantitative estimate of drug-likeness (QED) is 0.166. The van der Waals surface area contributed by atoms with E-state index in [4.69, 9.17) is 0 Å². The highest BCUT2D eigenvalue weighted by Gasteiger charge is 2.39. The average molecular weight is 704 g/mol. The fraction of sp³-hybridized carbons (Fsp3) is 0.359. The molecule has 0 aromatic heterocycles. The van der Waals surface area contributed by atoms with Crippen LogP contribution in [0.2, 0.25) is 0 Å². The summed E-state index contributed by atoms with van der Waals surface area (Å²) in [6, 6.07) is 1.20. The third kappa shape index (κ3) is 9.83. The maximum Gasteiger partial charge on any atom is 0.253 e. The van der Waals surface area contributed by atoms with Gasteiger partial charge in [0.15, 0.2) is 17.3 Å². The Bertz CT molecular complexity index is 1790. The lowest BCUT2D eigenvalue weighted by molar-refractivity contribution is -0.118. The van der Waals surface area contributed by atoms with Crippen molar-refractivity contribution in [1.29, 1.82) is 0 Å². The van der Waals surface area contributed by atoms with E-state index in [2.05, 4.69) is 5.32 Å². The molecule has 1 aliphatic carbocycles. The standard InChI is InChI=1S/C39H45NO11/c1-20-10-8-6-7-9-11-30(45)40-33-37(49)27-17-24(5)36(48)32(31(27)38(50)39(33)51)35(47)23(4)16-25(19-41)34(46)22(3)13-15-26(42)14-12-21(2)29(44)18-28(20)43/h6-13,15-17,20,22,25-26,28,34,41-43,46,48-49H,14,18-19H2,1-5H3,(H,40,45)/b7-6-,10-8-,11-9?,15-13-,21-12-,23-16?/t20-,22-,25+,26-,28-,34-/m0/s1. The van der Waals surface area contributed by atoms with Crippen molar-refractivity contribution < 1.29 is 54.6 Å². The molecule has 2 aliphatic heterocycles. The molecule has 0 fully saturated rings. The average Bonchev–Trinajstić information content (AvgIpc) is 3.10. The molecule has 51 heavy (non-hydrogen) atoms. The largest absolute Gasteiger partial charge is 0.507 e. The lowest BCUT2D eigenvalue weighted by Crippen LogP contribution is -2.35. The predicted molar refractivity (Wildman–Crippen MR) is 189 cm³/mol. The van der Waals surface area contributed by atoms with E-state index in [9.17, 15) is 54.6 Å². The van der Waals surface area contributed by atoms with Crippen molar-refractivity contribution in [2.75, 3.05) is 6.61 Å². The maximum atomic E-state index is 13.8. The van der Waals surface area contributed by atoms with E-state index < -0.39 is 94.3 Å². The SMILES string of the molecule is CC1=C[C@H](CO)[C@@H](O)[C@@H](C)/C=C\[C@@H](O)C/C=C(/C)C(=O)C[C@H](O)[C@@H](C)/C=C\C=C/C=CC(=O)NC2=C(O)c3cc(C)c(O)c(c3C(=O)C2=O)C1=O. The predicted octanol–water partition coefficient (Wildman–Crippen LogP) is 3.44. The third-order valence-electron chi connectivity index (χ3n) is 8.87. The number of amides is 1. The zero-order valence-electron chi connectivity index (χ0n) is 29.2. The molecule has 6 atom stereocenters. The van der Waals surface area contributed by atoms with Gasteiger partial charge in [0, 0.05) is 35.8 Å². The second kappa shape index (κ2) is 17.8. The Morgan fingerprint density at radius 3 is 2.12 bits per heavy atom. The van der Waals surface area contributed by atoms with Crippen molar-refractivity contribution in [2.45, 2.75) is 65.8 Å². The fourth-order valence-electron chi connectivity index (χ4n) is 5.53. The number of hydrogen-bond donors (Lipinski definition) is 7. The number of aryl methyl sites for hydroxylation is 1. The van der Waals surface area contributed by atoms with Crippen molar-refractivity contribution in [3.63, 3.8) is 0 Å². The number of hydrogen-bond acceptors (Lipinski definition) is 11. The van der Waals surface area contributed by atoms with Crippen molar-refractivity contribution in [2.24, 2.45) is 17.8 Å². The first-order chi connectivity index (χ1) is 24.0. The highest BCUT2D eigenvalue weighted by molar-refractivity contribution is 6.53. The molecule has 1 aromatic carbocycles. The zero-order chi connectivity index (χ0) is 38.2. The number of ketones is 4. The number of fused-ring (bicyclic) bond motifs is 18. The number of carbonyl (C=O) groups is 5. The van der Waals surface area contributed by atoms with Gasteiger partial charge in [0.1, 0.15) is 11.4 Å². The molecular formula is C39H45NO11. The summed E-state index contributed by atoms with van der Waals surface area (Å²) in [4.78, 5) is 65.6. The molecule has 1 aromatic rings. The van der Waals surface area contributed by atoms with Crippen LogP contribution in [0.3, 0.4) is 0 Å². The molecule has 0 saturated carbocycles. The Morgan fingerprint density at radius 2 is 1.45 bits per heavy atom. The molecule has 7 N–H and O–H groups in total. The number of phenols is 1. The van der Waals surface area contributed by atoms with Crippen molar-refractivity contribution in [1.82, 2.24) is 5.32 Å². The monoisotopic (exact) mass is 703 g/mol. The third-order valence-corrected chi connectivity index (χ3v) is 8.87. The van der Waals surface area contributed by atoms with Gasteiger partial charge < -0.3 is 36.0 Å². The van der Waals surface area contributed by atoms with Gasteiger partial charge in [0.2, 0.25) is 11.7 Å². The molecule has 2 heterocycles. The molecule has 12 nitrogen and oxygen atoms in total. The summed E-state index contributed by atoms with van der Waals surface area (Å²) in [5.41, 5.74) is -1.79. The summed E-state index contributed by atoms with van der Waals surface area (Å²) < 4.78 is 0. The minimum absolute atomic E-state index is 0.0741. The molecule has 3 aliphatic rings. The van der Waals surface area contributed by atoms with Crippen LogP contribution < -0.4 is 5.32 Å². The highest BCUT2D eigenvalue weighted by atomic mass is 16.3. The van der Waals surface area contributed by atoms with E-state index in [0.29, 0.717) is 5.57 Å². The van der Waals surface area contributed by atoms with Gasteiger partial charge in [-0.1, -0.05) is 68.5 Å². The van der Waals surface area contributed by atoms with Crippen LogP contribution >= 0.6 is 0 Å². The molecule has 4 bridgehead atoms. The number of carbonyl (C=O) groups excluding carboxylic acids is 5. The smallest absolute Gasteiger partial charge is 0.253 e. The minimum atomic E-state index is -1.33. The molecule has 4 rings (SSSR count). The highest BCUT2D eigenvalue weighted by Crippen LogP contribution is 2.37. The number of phenolic OH excluding ortho intramolecular Hbond substituents is 1. The van der Waals surface area contributed by atoms with E-state index in [1.807, 2.05) is 0 Å². The molecule has 0 saturated heterocycles. The van der Waals surface area contributed by atoms with E-state index in [1.165, 1.54) is 50.3 Å². The Balaban J connectivity index is 2.10. The number of benzene rings is 1. The van der Waals surface area contributed by atoms with Crippen molar-refractivity contribution in [3.05, 3.63) is 106 Å². The minimum Gasteiger partial charge on any atom is -0.507 e. The van der Waals surface area contributed by atoms with Crippen LogP contribution in [0, 0.1) is 24.7 Å². The first kappa shape index (κ1) is 40.4. The van der Waals surface area contributed by atoms with Crippen molar-refractivity contribution >= 4 is 34.8 Å². The van der Waals surface area contributed by atoms with E-state index in [1.54, 1.807) is 45.1 Å². The lowest BCUT2D eigenvalue weighted by atomic mass is 9.82. The number of allylic oxidation sites excluding steroid dienone is 7. The van der Waals surface area contributed by atoms with Crippen LogP contribution in [0.1, 0.15) is 72.4 Å². The second-order valence-corrected chi connectivity index (χ2v) is 12.8.